The molecule has 52 heavy (non-hydrogen) atoms. The van der Waals surface area contributed by atoms with Gasteiger partial charge in [-0.1, -0.05) is 200 Å². The van der Waals surface area contributed by atoms with Crippen LogP contribution in [-0.4, -0.2) is 73.4 Å². The predicted molar refractivity (Wildman–Crippen MR) is 222 cm³/mol. The second-order valence-electron chi connectivity index (χ2n) is 16.8. The van der Waals surface area contributed by atoms with Gasteiger partial charge in [0.15, 0.2) is 0 Å². The first kappa shape index (κ1) is 51.5. The molecule has 9 heteroatoms. The maximum absolute atomic E-state index is 12.8. The zero-order chi connectivity index (χ0) is 38.6. The molecule has 3 N–H and O–H groups in total. The van der Waals surface area contributed by atoms with Crippen LogP contribution in [0.4, 0.5) is 0 Å². The van der Waals surface area contributed by atoms with Crippen molar-refractivity contribution in [1.29, 1.82) is 0 Å². The number of aliphatic hydroxyl groups excluding tert-OH is 1. The van der Waals surface area contributed by atoms with Gasteiger partial charge >= 0.3 is 7.82 Å². The van der Waals surface area contributed by atoms with Crippen LogP contribution in [0, 0.1) is 0 Å². The highest BCUT2D eigenvalue weighted by Gasteiger charge is 2.28. The predicted octanol–water partition coefficient (Wildman–Crippen LogP) is 12.2. The number of carbonyl (C=O) groups excluding carboxylic acids is 1. The molecule has 8 nitrogen and oxygen atoms in total. The van der Waals surface area contributed by atoms with Crippen molar-refractivity contribution in [2.45, 2.75) is 231 Å². The number of phosphoric acid groups is 1. The van der Waals surface area contributed by atoms with Gasteiger partial charge in [0, 0.05) is 6.42 Å². The van der Waals surface area contributed by atoms with Gasteiger partial charge in [0.05, 0.1) is 39.9 Å². The lowest BCUT2D eigenvalue weighted by atomic mass is 10.0. The summed E-state index contributed by atoms with van der Waals surface area (Å²) in [5.74, 6) is -0.142. The number of phosphoric ester groups is 1. The molecule has 0 aliphatic rings. The molecule has 0 spiro atoms. The largest absolute Gasteiger partial charge is 0.472 e. The molecule has 0 rings (SSSR count). The monoisotopic (exact) mass is 762 g/mol. The number of nitrogens with zero attached hydrogens (tertiary/aromatic N) is 1. The molecular weight excluding hydrogens is 671 g/mol. The molecule has 0 saturated heterocycles. The molecule has 3 atom stereocenters. The maximum atomic E-state index is 12.8. The molecule has 0 radical (unpaired) electrons. The second kappa shape index (κ2) is 36.2. The molecule has 1 amide bonds. The molecule has 312 valence electrons. The number of unbranched alkanes of at least 4 members (excludes halogenated alkanes) is 28. The van der Waals surface area contributed by atoms with Crippen LogP contribution < -0.4 is 5.32 Å². The van der Waals surface area contributed by atoms with Gasteiger partial charge in [0.1, 0.15) is 13.2 Å². The van der Waals surface area contributed by atoms with Crippen molar-refractivity contribution in [3.05, 3.63) is 0 Å². The molecular formula is C43H90N2O6P+. The first-order valence-electron chi connectivity index (χ1n) is 22.4. The number of hydrogen-bond donors (Lipinski definition) is 3. The van der Waals surface area contributed by atoms with Crippen molar-refractivity contribution in [2.75, 3.05) is 40.9 Å². The van der Waals surface area contributed by atoms with E-state index in [9.17, 15) is 19.4 Å². The van der Waals surface area contributed by atoms with E-state index in [1.54, 1.807) is 0 Å². The minimum atomic E-state index is -4.30. The normalized spacial score (nSPS) is 14.4. The molecule has 0 aromatic heterocycles. The van der Waals surface area contributed by atoms with E-state index in [-0.39, 0.29) is 19.1 Å². The van der Waals surface area contributed by atoms with Gasteiger partial charge in [-0.2, -0.15) is 0 Å². The molecule has 0 aromatic carbocycles. The van der Waals surface area contributed by atoms with Crippen LogP contribution in [0.2, 0.25) is 0 Å². The molecule has 0 fully saturated rings. The van der Waals surface area contributed by atoms with Gasteiger partial charge in [0.2, 0.25) is 5.91 Å². The summed E-state index contributed by atoms with van der Waals surface area (Å²) in [6, 6.07) is -0.751. The van der Waals surface area contributed by atoms with Crippen molar-refractivity contribution >= 4 is 13.7 Å². The number of quaternary nitrogens is 1. The number of aliphatic hydroxyl groups is 1. The minimum Gasteiger partial charge on any atom is -0.391 e. The summed E-state index contributed by atoms with van der Waals surface area (Å²) >= 11 is 0. The Kier molecular flexibility index (Phi) is 35.8. The fourth-order valence-corrected chi connectivity index (χ4v) is 7.49. The number of carbonyl (C=O) groups is 1. The number of likely N-dealkylation sites (N-methyl/N-ethyl adjacent to an activating group) is 1. The highest BCUT2D eigenvalue weighted by molar-refractivity contribution is 7.47. The lowest BCUT2D eigenvalue weighted by Crippen LogP contribution is -2.46. The average Bonchev–Trinajstić information content (AvgIpc) is 3.09. The van der Waals surface area contributed by atoms with Gasteiger partial charge in [-0.05, 0) is 12.8 Å². The smallest absolute Gasteiger partial charge is 0.391 e. The summed E-state index contributed by atoms with van der Waals surface area (Å²) in [7, 11) is 1.63. The number of rotatable bonds is 41. The van der Waals surface area contributed by atoms with E-state index in [4.69, 9.17) is 9.05 Å². The van der Waals surface area contributed by atoms with Gasteiger partial charge in [-0.3, -0.25) is 13.8 Å². The van der Waals surface area contributed by atoms with E-state index in [2.05, 4.69) is 19.2 Å². The average molecular weight is 762 g/mol. The zero-order valence-electron chi connectivity index (χ0n) is 35.3. The van der Waals surface area contributed by atoms with Crippen LogP contribution in [0.25, 0.3) is 0 Å². The molecule has 0 aromatic rings. The standard InChI is InChI=1S/C43H89N2O6P/c1-6-8-10-12-14-16-17-18-19-20-21-22-23-24-25-26-27-29-31-33-35-37-43(47)44-41(40-51-52(48,49)50-39-38-45(3,4)5)42(46)36-34-32-30-28-15-13-11-9-7-2/h41-42,46H,6-40H2,1-5H3,(H-,44,47,48,49)/p+1/t41-,42+/m0/s1. The van der Waals surface area contributed by atoms with Gasteiger partial charge in [0.25, 0.3) is 0 Å². The van der Waals surface area contributed by atoms with Crippen molar-refractivity contribution in [3.8, 4) is 0 Å². The van der Waals surface area contributed by atoms with E-state index in [0.717, 1.165) is 38.5 Å². The summed E-state index contributed by atoms with van der Waals surface area (Å²) in [5.41, 5.74) is 0. The summed E-state index contributed by atoms with van der Waals surface area (Å²) in [6.45, 7) is 4.88. The van der Waals surface area contributed by atoms with Crippen LogP contribution in [0.15, 0.2) is 0 Å². The second-order valence-corrected chi connectivity index (χ2v) is 18.2. The number of amides is 1. The van der Waals surface area contributed by atoms with Crippen LogP contribution in [0.3, 0.4) is 0 Å². The van der Waals surface area contributed by atoms with E-state index in [1.165, 1.54) is 154 Å². The maximum Gasteiger partial charge on any atom is 0.472 e. The van der Waals surface area contributed by atoms with E-state index in [0.29, 0.717) is 23.9 Å². The molecule has 0 saturated carbocycles. The molecule has 0 heterocycles. The fraction of sp³-hybridized carbons (Fsp3) is 0.977. The number of nitrogens with one attached hydrogen (secondary N) is 1. The summed E-state index contributed by atoms with van der Waals surface area (Å²) < 4.78 is 23.5. The Balaban J connectivity index is 4.16. The lowest BCUT2D eigenvalue weighted by molar-refractivity contribution is -0.870. The first-order valence-corrected chi connectivity index (χ1v) is 23.9. The van der Waals surface area contributed by atoms with Gasteiger partial charge in [-0.15, -0.1) is 0 Å². The van der Waals surface area contributed by atoms with Crippen LogP contribution in [0.5, 0.6) is 0 Å². The van der Waals surface area contributed by atoms with Crippen molar-refractivity contribution < 1.29 is 32.9 Å². The fourth-order valence-electron chi connectivity index (χ4n) is 6.75. The Hall–Kier alpha value is -0.500. The third kappa shape index (κ3) is 37.8. The van der Waals surface area contributed by atoms with Crippen molar-refractivity contribution in [3.63, 3.8) is 0 Å². The summed E-state index contributed by atoms with van der Waals surface area (Å²) in [5, 5.41) is 13.9. The highest BCUT2D eigenvalue weighted by Crippen LogP contribution is 2.43. The van der Waals surface area contributed by atoms with E-state index >= 15 is 0 Å². The third-order valence-electron chi connectivity index (χ3n) is 10.4. The Morgan fingerprint density at radius 2 is 0.923 bits per heavy atom. The molecule has 0 bridgehead atoms. The Morgan fingerprint density at radius 3 is 1.29 bits per heavy atom. The third-order valence-corrected chi connectivity index (χ3v) is 11.3. The van der Waals surface area contributed by atoms with Crippen LogP contribution in [-0.2, 0) is 18.4 Å². The van der Waals surface area contributed by atoms with Crippen LogP contribution >= 0.6 is 7.82 Å². The molecule has 0 aliphatic heterocycles. The van der Waals surface area contributed by atoms with E-state index in [1.807, 2.05) is 21.1 Å². The minimum absolute atomic E-state index is 0.0782. The quantitative estimate of drug-likeness (QED) is 0.0325. The highest BCUT2D eigenvalue weighted by atomic mass is 31.2. The van der Waals surface area contributed by atoms with Gasteiger partial charge < -0.3 is 19.8 Å². The number of hydrogen-bond acceptors (Lipinski definition) is 5. The zero-order valence-corrected chi connectivity index (χ0v) is 36.2. The first-order chi connectivity index (χ1) is 25.0. The Morgan fingerprint density at radius 1 is 0.577 bits per heavy atom. The lowest BCUT2D eigenvalue weighted by Gasteiger charge is -2.26. The van der Waals surface area contributed by atoms with E-state index < -0.39 is 20.0 Å². The van der Waals surface area contributed by atoms with Crippen molar-refractivity contribution in [2.24, 2.45) is 0 Å². The van der Waals surface area contributed by atoms with Crippen LogP contribution in [0.1, 0.15) is 219 Å². The SMILES string of the molecule is CCCCCCCCCCCCCCCCCCCCCCCC(=O)N[C@@H](COP(=O)(O)OCC[N+](C)(C)C)[C@H](O)CCCCCCCCCCC. The Labute approximate surface area is 323 Å². The van der Waals surface area contributed by atoms with Gasteiger partial charge in [-0.25, -0.2) is 4.57 Å². The molecule has 0 aliphatic carbocycles. The molecule has 1 unspecified atom stereocenters. The Bertz CT molecular complexity index is 824. The summed E-state index contributed by atoms with van der Waals surface area (Å²) in [6.07, 6.45) is 38.5. The van der Waals surface area contributed by atoms with Crippen molar-refractivity contribution in [1.82, 2.24) is 5.32 Å². The summed E-state index contributed by atoms with van der Waals surface area (Å²) in [4.78, 5) is 23.1. The topological polar surface area (TPSA) is 105 Å².